The molecule has 0 saturated heterocycles. The van der Waals surface area contributed by atoms with Crippen molar-refractivity contribution in [1.29, 1.82) is 0 Å². The number of nitrogens with one attached hydrogen (secondary N) is 2. The monoisotopic (exact) mass is 353 g/mol. The molecule has 0 fully saturated rings. The van der Waals surface area contributed by atoms with Crippen molar-refractivity contribution in [2.75, 3.05) is 6.79 Å². The molecular formula is C18H19N5O3. The first-order chi connectivity index (χ1) is 12.6. The molecule has 0 unspecified atom stereocenters. The van der Waals surface area contributed by atoms with Crippen molar-refractivity contribution in [1.82, 2.24) is 25.3 Å². The Hall–Kier alpha value is -3.29. The summed E-state index contributed by atoms with van der Waals surface area (Å²) < 4.78 is 12.5. The third-order valence-corrected chi connectivity index (χ3v) is 4.18. The van der Waals surface area contributed by atoms with Crippen LogP contribution in [0.5, 0.6) is 11.5 Å². The fourth-order valence-corrected chi connectivity index (χ4v) is 2.88. The van der Waals surface area contributed by atoms with Crippen molar-refractivity contribution >= 4 is 5.91 Å². The predicted octanol–water partition coefficient (Wildman–Crippen LogP) is 1.93. The van der Waals surface area contributed by atoms with Gasteiger partial charge in [0.25, 0.3) is 5.91 Å². The Morgan fingerprint density at radius 3 is 2.88 bits per heavy atom. The lowest BCUT2D eigenvalue weighted by atomic mass is 10.2. The van der Waals surface area contributed by atoms with Crippen molar-refractivity contribution in [3.8, 4) is 11.5 Å². The standard InChI is InChI=1S/C18H19N5O3/c1-11-5-12(2)23(22-11)9-14-7-15(21-20-14)18(24)19-8-13-3-4-16-17(6-13)26-10-25-16/h3-7H,8-10H2,1-2H3,(H,19,24)(H,20,21). The first-order valence-corrected chi connectivity index (χ1v) is 8.30. The highest BCUT2D eigenvalue weighted by Crippen LogP contribution is 2.32. The molecule has 1 aromatic carbocycles. The summed E-state index contributed by atoms with van der Waals surface area (Å²) in [5, 5.41) is 14.3. The third-order valence-electron chi connectivity index (χ3n) is 4.18. The Labute approximate surface area is 150 Å². The molecule has 8 heteroatoms. The number of nitrogens with zero attached hydrogens (tertiary/aromatic N) is 3. The molecule has 0 saturated carbocycles. The first kappa shape index (κ1) is 16.2. The molecule has 0 radical (unpaired) electrons. The van der Waals surface area contributed by atoms with Crippen LogP contribution in [0.15, 0.2) is 30.3 Å². The minimum atomic E-state index is -0.237. The second-order valence-electron chi connectivity index (χ2n) is 6.23. The van der Waals surface area contributed by atoms with E-state index in [4.69, 9.17) is 9.47 Å². The number of aryl methyl sites for hydroxylation is 2. The Morgan fingerprint density at radius 1 is 1.23 bits per heavy atom. The summed E-state index contributed by atoms with van der Waals surface area (Å²) in [6, 6.07) is 9.35. The van der Waals surface area contributed by atoms with Crippen LogP contribution in [-0.4, -0.2) is 32.7 Å². The summed E-state index contributed by atoms with van der Waals surface area (Å²) in [6.45, 7) is 5.11. The topological polar surface area (TPSA) is 94.1 Å². The van der Waals surface area contributed by atoms with Gasteiger partial charge in [0.1, 0.15) is 5.69 Å². The van der Waals surface area contributed by atoms with E-state index in [1.165, 1.54) is 0 Å². The molecule has 2 N–H and O–H groups in total. The zero-order valence-electron chi connectivity index (χ0n) is 14.6. The summed E-state index contributed by atoms with van der Waals surface area (Å²) in [4.78, 5) is 12.3. The largest absolute Gasteiger partial charge is 0.454 e. The van der Waals surface area contributed by atoms with Crippen LogP contribution in [0, 0.1) is 13.8 Å². The summed E-state index contributed by atoms with van der Waals surface area (Å²) in [5.74, 6) is 1.18. The number of benzene rings is 1. The molecule has 0 bridgehead atoms. The molecule has 8 nitrogen and oxygen atoms in total. The molecule has 26 heavy (non-hydrogen) atoms. The van der Waals surface area contributed by atoms with Gasteiger partial charge in [-0.3, -0.25) is 14.6 Å². The number of ether oxygens (including phenoxy) is 2. The number of amides is 1. The molecule has 4 rings (SSSR count). The highest BCUT2D eigenvalue weighted by atomic mass is 16.7. The lowest BCUT2D eigenvalue weighted by Gasteiger charge is -2.04. The van der Waals surface area contributed by atoms with Gasteiger partial charge in [0, 0.05) is 12.2 Å². The van der Waals surface area contributed by atoms with E-state index in [9.17, 15) is 4.79 Å². The molecule has 3 aromatic rings. The van der Waals surface area contributed by atoms with Crippen LogP contribution in [0.2, 0.25) is 0 Å². The zero-order valence-corrected chi connectivity index (χ0v) is 14.6. The van der Waals surface area contributed by atoms with E-state index < -0.39 is 0 Å². The Bertz CT molecular complexity index is 960. The van der Waals surface area contributed by atoms with E-state index in [0.29, 0.717) is 24.5 Å². The molecule has 0 spiro atoms. The van der Waals surface area contributed by atoms with Crippen LogP contribution in [0.4, 0.5) is 0 Å². The minimum Gasteiger partial charge on any atom is -0.454 e. The number of carbonyl (C=O) groups is 1. The summed E-state index contributed by atoms with van der Waals surface area (Å²) in [7, 11) is 0. The van der Waals surface area contributed by atoms with Gasteiger partial charge in [0.15, 0.2) is 11.5 Å². The number of aromatic amines is 1. The maximum Gasteiger partial charge on any atom is 0.272 e. The fraction of sp³-hybridized carbons (Fsp3) is 0.278. The Kier molecular flexibility index (Phi) is 4.08. The van der Waals surface area contributed by atoms with Gasteiger partial charge in [0.2, 0.25) is 6.79 Å². The second-order valence-corrected chi connectivity index (χ2v) is 6.23. The van der Waals surface area contributed by atoms with Gasteiger partial charge in [-0.1, -0.05) is 6.07 Å². The van der Waals surface area contributed by atoms with Crippen LogP contribution in [0.1, 0.15) is 33.1 Å². The lowest BCUT2D eigenvalue weighted by molar-refractivity contribution is 0.0946. The van der Waals surface area contributed by atoms with E-state index >= 15 is 0 Å². The summed E-state index contributed by atoms with van der Waals surface area (Å²) in [5.41, 5.74) is 4.13. The summed E-state index contributed by atoms with van der Waals surface area (Å²) >= 11 is 0. The average Bonchev–Trinajstić information content (AvgIpc) is 3.33. The van der Waals surface area contributed by atoms with Crippen molar-refractivity contribution in [3.05, 3.63) is 58.7 Å². The Balaban J connectivity index is 1.38. The van der Waals surface area contributed by atoms with Crippen LogP contribution in [-0.2, 0) is 13.1 Å². The predicted molar refractivity (Wildman–Crippen MR) is 93.1 cm³/mol. The van der Waals surface area contributed by atoms with Gasteiger partial charge in [0.05, 0.1) is 17.9 Å². The highest BCUT2D eigenvalue weighted by Gasteiger charge is 2.15. The van der Waals surface area contributed by atoms with Crippen molar-refractivity contribution in [2.24, 2.45) is 0 Å². The molecule has 1 amide bonds. The minimum absolute atomic E-state index is 0.233. The van der Waals surface area contributed by atoms with Crippen molar-refractivity contribution in [2.45, 2.75) is 26.9 Å². The molecule has 0 aliphatic carbocycles. The maximum absolute atomic E-state index is 12.3. The average molecular weight is 353 g/mol. The normalized spacial score (nSPS) is 12.4. The molecule has 0 atom stereocenters. The van der Waals surface area contributed by atoms with Gasteiger partial charge in [-0.2, -0.15) is 10.2 Å². The van der Waals surface area contributed by atoms with Gasteiger partial charge in [-0.05, 0) is 43.7 Å². The summed E-state index contributed by atoms with van der Waals surface area (Å²) in [6.07, 6.45) is 0. The quantitative estimate of drug-likeness (QED) is 0.731. The van der Waals surface area contributed by atoms with E-state index in [1.54, 1.807) is 6.07 Å². The van der Waals surface area contributed by atoms with Gasteiger partial charge >= 0.3 is 0 Å². The second kappa shape index (κ2) is 6.55. The SMILES string of the molecule is Cc1cc(C)n(Cc2cc(C(=O)NCc3ccc4c(c3)OCO4)n[nH]2)n1. The number of rotatable bonds is 5. The molecule has 3 heterocycles. The van der Waals surface area contributed by atoms with E-state index in [-0.39, 0.29) is 12.7 Å². The molecule has 1 aliphatic heterocycles. The number of fused-ring (bicyclic) bond motifs is 1. The number of carbonyl (C=O) groups excluding carboxylic acids is 1. The maximum atomic E-state index is 12.3. The van der Waals surface area contributed by atoms with Crippen molar-refractivity contribution in [3.63, 3.8) is 0 Å². The number of aromatic nitrogens is 4. The van der Waals surface area contributed by atoms with Crippen LogP contribution in [0.25, 0.3) is 0 Å². The highest BCUT2D eigenvalue weighted by molar-refractivity contribution is 5.92. The smallest absolute Gasteiger partial charge is 0.272 e. The molecule has 134 valence electrons. The third kappa shape index (κ3) is 3.26. The van der Waals surface area contributed by atoms with Gasteiger partial charge < -0.3 is 14.8 Å². The van der Waals surface area contributed by atoms with E-state index in [0.717, 1.165) is 28.4 Å². The number of hydrogen-bond donors (Lipinski definition) is 2. The fourth-order valence-electron chi connectivity index (χ4n) is 2.88. The van der Waals surface area contributed by atoms with E-state index in [1.807, 2.05) is 42.8 Å². The lowest BCUT2D eigenvalue weighted by Crippen LogP contribution is -2.23. The number of H-pyrrole nitrogens is 1. The first-order valence-electron chi connectivity index (χ1n) is 8.30. The van der Waals surface area contributed by atoms with Crippen LogP contribution in [0.3, 0.4) is 0 Å². The molecule has 2 aromatic heterocycles. The number of hydrogen-bond acceptors (Lipinski definition) is 5. The van der Waals surface area contributed by atoms with Crippen LogP contribution < -0.4 is 14.8 Å². The zero-order chi connectivity index (χ0) is 18.1. The van der Waals surface area contributed by atoms with Crippen molar-refractivity contribution < 1.29 is 14.3 Å². The molecular weight excluding hydrogens is 334 g/mol. The molecule has 1 aliphatic rings. The Morgan fingerprint density at radius 2 is 2.08 bits per heavy atom. The van der Waals surface area contributed by atoms with Gasteiger partial charge in [-0.25, -0.2) is 0 Å². The van der Waals surface area contributed by atoms with E-state index in [2.05, 4.69) is 20.6 Å². The van der Waals surface area contributed by atoms with Gasteiger partial charge in [-0.15, -0.1) is 0 Å². The van der Waals surface area contributed by atoms with Crippen LogP contribution >= 0.6 is 0 Å².